The van der Waals surface area contributed by atoms with Gasteiger partial charge in [0, 0.05) is 18.7 Å². The van der Waals surface area contributed by atoms with Gasteiger partial charge in [-0.15, -0.1) is 0 Å². The predicted molar refractivity (Wildman–Crippen MR) is 58.7 cm³/mol. The average molecular weight is 236 g/mol. The number of aromatic nitrogens is 2. The molecule has 0 atom stereocenters. The van der Waals surface area contributed by atoms with Gasteiger partial charge in [-0.1, -0.05) is 0 Å². The van der Waals surface area contributed by atoms with Crippen LogP contribution < -0.4 is 0 Å². The fourth-order valence-electron chi connectivity index (χ4n) is 1.72. The van der Waals surface area contributed by atoms with E-state index in [-0.39, 0.29) is 11.3 Å². The summed E-state index contributed by atoms with van der Waals surface area (Å²) in [6, 6.07) is 3.23. The molecular formula is C12H10F2N2O. The number of halogens is 2. The summed E-state index contributed by atoms with van der Waals surface area (Å²) in [5, 5.41) is 0. The van der Waals surface area contributed by atoms with Crippen LogP contribution >= 0.6 is 0 Å². The van der Waals surface area contributed by atoms with E-state index in [0.717, 1.165) is 12.1 Å². The molecular weight excluding hydrogens is 226 g/mol. The zero-order chi connectivity index (χ0) is 12.6. The Morgan fingerprint density at radius 2 is 2.06 bits per heavy atom. The molecule has 0 amide bonds. The quantitative estimate of drug-likeness (QED) is 0.751. The van der Waals surface area contributed by atoms with Gasteiger partial charge >= 0.3 is 0 Å². The lowest BCUT2D eigenvalue weighted by atomic mass is 10.1. The van der Waals surface area contributed by atoms with Crippen LogP contribution in [0.1, 0.15) is 16.3 Å². The number of carbonyl (C=O) groups excluding carboxylic acids is 1. The second-order valence-corrected chi connectivity index (χ2v) is 3.69. The molecule has 1 heterocycles. The van der Waals surface area contributed by atoms with E-state index in [1.807, 2.05) is 0 Å². The molecule has 0 aliphatic heterocycles. The molecule has 0 saturated carbocycles. The van der Waals surface area contributed by atoms with E-state index in [1.165, 1.54) is 6.07 Å². The summed E-state index contributed by atoms with van der Waals surface area (Å²) in [6.45, 7) is 1.71. The molecule has 5 heteroatoms. The van der Waals surface area contributed by atoms with Crippen molar-refractivity contribution in [2.24, 2.45) is 7.05 Å². The highest BCUT2D eigenvalue weighted by molar-refractivity contribution is 5.84. The molecule has 0 fully saturated rings. The van der Waals surface area contributed by atoms with Crippen LogP contribution in [0.25, 0.3) is 11.3 Å². The SMILES string of the molecule is Cc1nc(C=O)c(-c2ccc(F)cc2F)n1C. The summed E-state index contributed by atoms with van der Waals surface area (Å²) in [5.41, 5.74) is 0.669. The molecule has 17 heavy (non-hydrogen) atoms. The minimum Gasteiger partial charge on any atom is -0.331 e. The molecule has 88 valence electrons. The van der Waals surface area contributed by atoms with Gasteiger partial charge in [-0.25, -0.2) is 13.8 Å². The number of imidazole rings is 1. The van der Waals surface area contributed by atoms with Gasteiger partial charge in [0.05, 0.1) is 5.69 Å². The molecule has 0 N–H and O–H groups in total. The van der Waals surface area contributed by atoms with Crippen molar-refractivity contribution in [3.63, 3.8) is 0 Å². The Labute approximate surface area is 96.7 Å². The number of benzene rings is 1. The third kappa shape index (κ3) is 1.84. The second kappa shape index (κ2) is 4.08. The predicted octanol–water partition coefficient (Wildman–Crippen LogP) is 2.49. The first-order valence-electron chi connectivity index (χ1n) is 4.98. The van der Waals surface area contributed by atoms with Crippen LogP contribution in [0.4, 0.5) is 8.78 Å². The Morgan fingerprint density at radius 1 is 1.35 bits per heavy atom. The topological polar surface area (TPSA) is 34.9 Å². The molecule has 0 radical (unpaired) electrons. The van der Waals surface area contributed by atoms with E-state index in [2.05, 4.69) is 4.98 Å². The summed E-state index contributed by atoms with van der Waals surface area (Å²) in [5.74, 6) is -0.778. The lowest BCUT2D eigenvalue weighted by Crippen LogP contribution is -1.98. The minimum atomic E-state index is -0.712. The van der Waals surface area contributed by atoms with Crippen LogP contribution in [-0.2, 0) is 7.05 Å². The van der Waals surface area contributed by atoms with Crippen LogP contribution in [0.3, 0.4) is 0 Å². The van der Waals surface area contributed by atoms with Gasteiger partial charge in [-0.2, -0.15) is 0 Å². The van der Waals surface area contributed by atoms with Gasteiger partial charge in [0.2, 0.25) is 0 Å². The maximum Gasteiger partial charge on any atom is 0.170 e. The van der Waals surface area contributed by atoms with Gasteiger partial charge in [-0.05, 0) is 19.1 Å². The standard InChI is InChI=1S/C12H10F2N2O/c1-7-15-11(6-17)12(16(7)2)9-4-3-8(13)5-10(9)14/h3-6H,1-2H3. The van der Waals surface area contributed by atoms with Gasteiger partial charge in [0.25, 0.3) is 0 Å². The average Bonchev–Trinajstić information content (AvgIpc) is 2.56. The molecule has 0 unspecified atom stereocenters. The van der Waals surface area contributed by atoms with Crippen molar-refractivity contribution in [3.8, 4) is 11.3 Å². The largest absolute Gasteiger partial charge is 0.331 e. The molecule has 1 aromatic carbocycles. The number of rotatable bonds is 2. The smallest absolute Gasteiger partial charge is 0.170 e. The molecule has 0 aliphatic carbocycles. The molecule has 0 aliphatic rings. The fraction of sp³-hybridized carbons (Fsp3) is 0.167. The van der Waals surface area contributed by atoms with Gasteiger partial charge < -0.3 is 4.57 Å². The monoisotopic (exact) mass is 236 g/mol. The van der Waals surface area contributed by atoms with Crippen molar-refractivity contribution < 1.29 is 13.6 Å². The van der Waals surface area contributed by atoms with Crippen LogP contribution in [0.15, 0.2) is 18.2 Å². The maximum absolute atomic E-state index is 13.6. The maximum atomic E-state index is 13.6. The Balaban J connectivity index is 2.71. The number of aldehydes is 1. The molecule has 0 bridgehead atoms. The minimum absolute atomic E-state index is 0.149. The molecule has 3 nitrogen and oxygen atoms in total. The van der Waals surface area contributed by atoms with E-state index >= 15 is 0 Å². The van der Waals surface area contributed by atoms with Gasteiger partial charge in [0.1, 0.15) is 23.2 Å². The lowest BCUT2D eigenvalue weighted by Gasteiger charge is -2.06. The summed E-state index contributed by atoms with van der Waals surface area (Å²) >= 11 is 0. The number of carbonyl (C=O) groups is 1. The van der Waals surface area contributed by atoms with Crippen molar-refractivity contribution in [2.75, 3.05) is 0 Å². The molecule has 2 aromatic rings. The van der Waals surface area contributed by atoms with E-state index in [1.54, 1.807) is 18.5 Å². The number of aryl methyl sites for hydroxylation is 1. The van der Waals surface area contributed by atoms with Crippen molar-refractivity contribution >= 4 is 6.29 Å². The number of hydrogen-bond donors (Lipinski definition) is 0. The Kier molecular flexibility index (Phi) is 2.75. The Morgan fingerprint density at radius 3 is 2.65 bits per heavy atom. The first-order chi connectivity index (χ1) is 8.04. The summed E-state index contributed by atoms with van der Waals surface area (Å²) in [6.07, 6.45) is 0.561. The van der Waals surface area contributed by atoms with E-state index in [0.29, 0.717) is 17.8 Å². The second-order valence-electron chi connectivity index (χ2n) is 3.69. The highest BCUT2D eigenvalue weighted by Gasteiger charge is 2.17. The molecule has 0 saturated heterocycles. The van der Waals surface area contributed by atoms with E-state index < -0.39 is 11.6 Å². The first-order valence-corrected chi connectivity index (χ1v) is 4.98. The highest BCUT2D eigenvalue weighted by atomic mass is 19.1. The van der Waals surface area contributed by atoms with Crippen molar-refractivity contribution in [2.45, 2.75) is 6.92 Å². The zero-order valence-corrected chi connectivity index (χ0v) is 9.37. The Hall–Kier alpha value is -2.04. The van der Waals surface area contributed by atoms with Crippen molar-refractivity contribution in [1.82, 2.24) is 9.55 Å². The van der Waals surface area contributed by atoms with Crippen LogP contribution in [0.2, 0.25) is 0 Å². The summed E-state index contributed by atoms with van der Waals surface area (Å²) in [7, 11) is 1.67. The van der Waals surface area contributed by atoms with Crippen LogP contribution in [0.5, 0.6) is 0 Å². The van der Waals surface area contributed by atoms with E-state index in [4.69, 9.17) is 0 Å². The number of nitrogens with zero attached hydrogens (tertiary/aromatic N) is 2. The number of hydrogen-bond acceptors (Lipinski definition) is 2. The van der Waals surface area contributed by atoms with Gasteiger partial charge in [0.15, 0.2) is 6.29 Å². The van der Waals surface area contributed by atoms with Gasteiger partial charge in [-0.3, -0.25) is 4.79 Å². The third-order valence-electron chi connectivity index (χ3n) is 2.64. The molecule has 0 spiro atoms. The van der Waals surface area contributed by atoms with Crippen LogP contribution in [-0.4, -0.2) is 15.8 Å². The lowest BCUT2D eigenvalue weighted by molar-refractivity contribution is 0.112. The van der Waals surface area contributed by atoms with Crippen molar-refractivity contribution in [1.29, 1.82) is 0 Å². The molecule has 2 rings (SSSR count). The molecule has 1 aromatic heterocycles. The van der Waals surface area contributed by atoms with Crippen molar-refractivity contribution in [3.05, 3.63) is 41.4 Å². The fourth-order valence-corrected chi connectivity index (χ4v) is 1.72. The summed E-state index contributed by atoms with van der Waals surface area (Å²) in [4.78, 5) is 14.9. The third-order valence-corrected chi connectivity index (χ3v) is 2.64. The Bertz CT molecular complexity index is 590. The highest BCUT2D eigenvalue weighted by Crippen LogP contribution is 2.26. The zero-order valence-electron chi connectivity index (χ0n) is 9.37. The summed E-state index contributed by atoms with van der Waals surface area (Å²) < 4.78 is 28.1. The van der Waals surface area contributed by atoms with E-state index in [9.17, 15) is 13.6 Å². The van der Waals surface area contributed by atoms with Crippen LogP contribution in [0, 0.1) is 18.6 Å². The normalized spacial score (nSPS) is 10.6. The first kappa shape index (κ1) is 11.4.